The first-order valence-electron chi connectivity index (χ1n) is 5.95. The molecule has 19 heavy (non-hydrogen) atoms. The quantitative estimate of drug-likeness (QED) is 0.528. The van der Waals surface area contributed by atoms with E-state index in [4.69, 9.17) is 0 Å². The highest BCUT2D eigenvalue weighted by Crippen LogP contribution is 2.15. The van der Waals surface area contributed by atoms with Gasteiger partial charge in [0.1, 0.15) is 5.82 Å². The van der Waals surface area contributed by atoms with Crippen LogP contribution in [-0.2, 0) is 6.42 Å². The summed E-state index contributed by atoms with van der Waals surface area (Å²) in [5, 5.41) is 3.80. The number of nitrogens with zero attached hydrogens (tertiary/aromatic N) is 2. The molecule has 0 bridgehead atoms. The maximum atomic E-state index is 4.37. The van der Waals surface area contributed by atoms with E-state index in [1.807, 2.05) is 31.5 Å². The van der Waals surface area contributed by atoms with Crippen molar-refractivity contribution in [3.63, 3.8) is 0 Å². The lowest BCUT2D eigenvalue weighted by Crippen LogP contribution is -1.99. The average molecular weight is 269 g/mol. The predicted molar refractivity (Wildman–Crippen MR) is 80.4 cm³/mol. The normalized spacial score (nSPS) is 9.58. The van der Waals surface area contributed by atoms with E-state index < -0.39 is 0 Å². The van der Waals surface area contributed by atoms with Crippen molar-refractivity contribution in [2.24, 2.45) is 0 Å². The van der Waals surface area contributed by atoms with Crippen LogP contribution in [0, 0.1) is 11.8 Å². The molecule has 4 heteroatoms. The second-order valence-corrected chi connectivity index (χ2v) is 4.61. The molecule has 2 rings (SSSR count). The monoisotopic (exact) mass is 269 g/mol. The highest BCUT2D eigenvalue weighted by Gasteiger charge is 2.02. The third-order valence-corrected chi connectivity index (χ3v) is 3.11. The summed E-state index contributed by atoms with van der Waals surface area (Å²) in [7, 11) is 1.84. The number of hydrogen-bond acceptors (Lipinski definition) is 4. The van der Waals surface area contributed by atoms with Crippen LogP contribution in [0.1, 0.15) is 11.1 Å². The Labute approximate surface area is 117 Å². The number of benzene rings is 1. The minimum absolute atomic E-state index is 0.730. The minimum atomic E-state index is 0.730. The third kappa shape index (κ3) is 3.73. The summed E-state index contributed by atoms with van der Waals surface area (Å²) < 4.78 is 0. The Bertz CT molecular complexity index is 600. The molecule has 1 N–H and O–H groups in total. The van der Waals surface area contributed by atoms with Crippen molar-refractivity contribution in [2.45, 2.75) is 11.6 Å². The first kappa shape index (κ1) is 13.4. The van der Waals surface area contributed by atoms with Crippen molar-refractivity contribution >= 4 is 17.6 Å². The molecule has 0 saturated carbocycles. The van der Waals surface area contributed by atoms with Crippen LogP contribution < -0.4 is 5.32 Å². The largest absolute Gasteiger partial charge is 0.372 e. The van der Waals surface area contributed by atoms with Crippen molar-refractivity contribution in [1.29, 1.82) is 0 Å². The molecule has 1 aromatic carbocycles. The number of nitrogens with one attached hydrogen (secondary N) is 1. The van der Waals surface area contributed by atoms with Crippen LogP contribution in [0.25, 0.3) is 0 Å². The fourth-order valence-electron chi connectivity index (χ4n) is 1.58. The van der Waals surface area contributed by atoms with Crippen molar-refractivity contribution in [3.8, 4) is 11.8 Å². The third-order valence-electron chi connectivity index (χ3n) is 2.54. The summed E-state index contributed by atoms with van der Waals surface area (Å²) in [4.78, 5) is 8.61. The Morgan fingerprint density at radius 3 is 2.74 bits per heavy atom. The van der Waals surface area contributed by atoms with Crippen LogP contribution in [0.4, 0.5) is 5.82 Å². The molecule has 0 radical (unpaired) electrons. The van der Waals surface area contributed by atoms with E-state index in [0.717, 1.165) is 23.0 Å². The van der Waals surface area contributed by atoms with Crippen LogP contribution in [0.3, 0.4) is 0 Å². The summed E-state index contributed by atoms with van der Waals surface area (Å²) in [6, 6.07) is 10.2. The summed E-state index contributed by atoms with van der Waals surface area (Å²) in [5.41, 5.74) is 2.04. The zero-order chi connectivity index (χ0) is 13.5. The van der Waals surface area contributed by atoms with E-state index in [1.54, 1.807) is 6.20 Å². The van der Waals surface area contributed by atoms with Gasteiger partial charge in [0.05, 0.1) is 5.56 Å². The second-order valence-electron chi connectivity index (χ2n) is 3.83. The summed E-state index contributed by atoms with van der Waals surface area (Å²) in [6.07, 6.45) is 4.45. The number of thioether (sulfide) groups is 1. The van der Waals surface area contributed by atoms with Gasteiger partial charge in [-0.3, -0.25) is 0 Å². The van der Waals surface area contributed by atoms with Gasteiger partial charge in [-0.2, -0.15) is 0 Å². The van der Waals surface area contributed by atoms with Crippen LogP contribution in [0.15, 0.2) is 41.7 Å². The van der Waals surface area contributed by atoms with Gasteiger partial charge in [-0.15, -0.1) is 0 Å². The molecule has 0 unspecified atom stereocenters. The van der Waals surface area contributed by atoms with Crippen LogP contribution in [-0.4, -0.2) is 23.3 Å². The summed E-state index contributed by atoms with van der Waals surface area (Å²) >= 11 is 1.52. The highest BCUT2D eigenvalue weighted by molar-refractivity contribution is 7.98. The fourth-order valence-corrected chi connectivity index (χ4v) is 1.92. The Morgan fingerprint density at radius 2 is 2.05 bits per heavy atom. The Morgan fingerprint density at radius 1 is 1.26 bits per heavy atom. The van der Waals surface area contributed by atoms with E-state index in [9.17, 15) is 0 Å². The molecule has 0 spiro atoms. The smallest absolute Gasteiger partial charge is 0.189 e. The van der Waals surface area contributed by atoms with Gasteiger partial charge in [-0.1, -0.05) is 53.9 Å². The molecular weight excluding hydrogens is 254 g/mol. The molecule has 1 aromatic heterocycles. The SMILES string of the molecule is CNc1nc(SC)ncc1C#CCc1ccccc1. The zero-order valence-electron chi connectivity index (χ0n) is 11.0. The predicted octanol–water partition coefficient (Wildman–Crippen LogP) is 2.83. The molecule has 3 nitrogen and oxygen atoms in total. The molecule has 0 atom stereocenters. The Hall–Kier alpha value is -1.99. The molecule has 0 aliphatic rings. The Balaban J connectivity index is 2.15. The molecular formula is C15H15N3S. The van der Waals surface area contributed by atoms with Crippen molar-refractivity contribution in [2.75, 3.05) is 18.6 Å². The van der Waals surface area contributed by atoms with E-state index in [-0.39, 0.29) is 0 Å². The molecule has 1 heterocycles. The minimum Gasteiger partial charge on any atom is -0.372 e. The van der Waals surface area contributed by atoms with Crippen molar-refractivity contribution in [1.82, 2.24) is 9.97 Å². The number of rotatable bonds is 3. The lowest BCUT2D eigenvalue weighted by atomic mass is 10.1. The van der Waals surface area contributed by atoms with Gasteiger partial charge in [-0.05, 0) is 11.8 Å². The fraction of sp³-hybridized carbons (Fsp3) is 0.200. The second kappa shape index (κ2) is 6.81. The molecule has 0 amide bonds. The maximum absolute atomic E-state index is 4.37. The summed E-state index contributed by atoms with van der Waals surface area (Å²) in [5.74, 6) is 7.05. The first-order valence-corrected chi connectivity index (χ1v) is 7.17. The van der Waals surface area contributed by atoms with Crippen molar-refractivity contribution < 1.29 is 0 Å². The van der Waals surface area contributed by atoms with Gasteiger partial charge >= 0.3 is 0 Å². The zero-order valence-corrected chi connectivity index (χ0v) is 11.8. The molecule has 0 fully saturated rings. The molecule has 0 saturated heterocycles. The Kier molecular flexibility index (Phi) is 4.82. The highest BCUT2D eigenvalue weighted by atomic mass is 32.2. The van der Waals surface area contributed by atoms with E-state index in [0.29, 0.717) is 0 Å². The van der Waals surface area contributed by atoms with Gasteiger partial charge in [-0.25, -0.2) is 9.97 Å². The average Bonchev–Trinajstić information content (AvgIpc) is 2.48. The molecule has 96 valence electrons. The van der Waals surface area contributed by atoms with Crippen LogP contribution >= 0.6 is 11.8 Å². The molecule has 0 aliphatic heterocycles. The van der Waals surface area contributed by atoms with Gasteiger partial charge in [0.2, 0.25) is 0 Å². The lowest BCUT2D eigenvalue weighted by Gasteiger charge is -2.03. The topological polar surface area (TPSA) is 37.8 Å². The van der Waals surface area contributed by atoms with E-state index in [2.05, 4.69) is 39.3 Å². The number of aromatic nitrogens is 2. The van der Waals surface area contributed by atoms with Gasteiger partial charge in [0.15, 0.2) is 5.16 Å². The first-order chi connectivity index (χ1) is 9.33. The van der Waals surface area contributed by atoms with Crippen molar-refractivity contribution in [3.05, 3.63) is 47.7 Å². The molecule has 0 aliphatic carbocycles. The van der Waals surface area contributed by atoms with Crippen LogP contribution in [0.2, 0.25) is 0 Å². The number of anilines is 1. The molecule has 2 aromatic rings. The van der Waals surface area contributed by atoms with E-state index >= 15 is 0 Å². The van der Waals surface area contributed by atoms with Gasteiger partial charge in [0, 0.05) is 19.7 Å². The lowest BCUT2D eigenvalue weighted by molar-refractivity contribution is 0.967. The maximum Gasteiger partial charge on any atom is 0.189 e. The van der Waals surface area contributed by atoms with E-state index in [1.165, 1.54) is 17.3 Å². The van der Waals surface area contributed by atoms with Gasteiger partial charge < -0.3 is 5.32 Å². The van der Waals surface area contributed by atoms with Gasteiger partial charge in [0.25, 0.3) is 0 Å². The standard InChI is InChI=1S/C15H15N3S/c1-16-14-13(11-17-15(18-14)19-2)10-6-9-12-7-4-3-5-8-12/h3-5,7-8,11H,9H2,1-2H3,(H,16,17,18). The summed E-state index contributed by atoms with van der Waals surface area (Å²) in [6.45, 7) is 0. The number of hydrogen-bond donors (Lipinski definition) is 1. The van der Waals surface area contributed by atoms with Crippen LogP contribution in [0.5, 0.6) is 0 Å².